The molecule has 98 valence electrons. The highest BCUT2D eigenvalue weighted by Gasteiger charge is 2.30. The predicted octanol–water partition coefficient (Wildman–Crippen LogP) is 2.60. The van der Waals surface area contributed by atoms with Crippen molar-refractivity contribution >= 4 is 21.9 Å². The van der Waals surface area contributed by atoms with Gasteiger partial charge in [0.05, 0.1) is 10.6 Å². The van der Waals surface area contributed by atoms with E-state index in [1.165, 1.54) is 12.1 Å². The van der Waals surface area contributed by atoms with Gasteiger partial charge >= 0.3 is 5.97 Å². The molecule has 1 aromatic rings. The molecular formula is C12H12BrFO4. The van der Waals surface area contributed by atoms with Gasteiger partial charge in [0.25, 0.3) is 0 Å². The van der Waals surface area contributed by atoms with Gasteiger partial charge in [-0.25, -0.2) is 9.18 Å². The van der Waals surface area contributed by atoms with Crippen molar-refractivity contribution in [3.05, 3.63) is 28.5 Å². The van der Waals surface area contributed by atoms with Crippen molar-refractivity contribution in [1.82, 2.24) is 0 Å². The zero-order valence-corrected chi connectivity index (χ0v) is 11.0. The Bertz CT molecular complexity index is 452. The zero-order chi connectivity index (χ0) is 13.1. The molecule has 6 heteroatoms. The fraction of sp³-hybridized carbons (Fsp3) is 0.417. The summed E-state index contributed by atoms with van der Waals surface area (Å²) < 4.78 is 24.4. The number of hydrogen-bond acceptors (Lipinski definition) is 3. The SMILES string of the molecule is O=C(O)C1CCC(COc2cc(F)ccc2Br)O1. The topological polar surface area (TPSA) is 55.8 Å². The Morgan fingerprint density at radius 3 is 3.00 bits per heavy atom. The third-order valence-electron chi connectivity index (χ3n) is 2.70. The van der Waals surface area contributed by atoms with E-state index in [2.05, 4.69) is 15.9 Å². The first-order chi connectivity index (χ1) is 8.56. The maximum Gasteiger partial charge on any atom is 0.332 e. The first-order valence-electron chi connectivity index (χ1n) is 5.52. The first-order valence-corrected chi connectivity index (χ1v) is 6.31. The van der Waals surface area contributed by atoms with E-state index in [9.17, 15) is 9.18 Å². The number of aliphatic carboxylic acids is 1. The molecule has 2 rings (SSSR count). The number of rotatable bonds is 4. The average molecular weight is 319 g/mol. The summed E-state index contributed by atoms with van der Waals surface area (Å²) in [6, 6.07) is 4.15. The van der Waals surface area contributed by atoms with Crippen LogP contribution in [0.2, 0.25) is 0 Å². The average Bonchev–Trinajstić information content (AvgIpc) is 2.79. The molecule has 0 spiro atoms. The van der Waals surface area contributed by atoms with Gasteiger partial charge in [0.1, 0.15) is 18.2 Å². The first kappa shape index (κ1) is 13.3. The molecule has 0 aliphatic carbocycles. The molecule has 0 bridgehead atoms. The van der Waals surface area contributed by atoms with Gasteiger partial charge in [0.15, 0.2) is 6.10 Å². The van der Waals surface area contributed by atoms with Crippen molar-refractivity contribution in [1.29, 1.82) is 0 Å². The van der Waals surface area contributed by atoms with Crippen LogP contribution in [0, 0.1) is 5.82 Å². The highest BCUT2D eigenvalue weighted by atomic mass is 79.9. The summed E-state index contributed by atoms with van der Waals surface area (Å²) in [5, 5.41) is 8.77. The standard InChI is InChI=1S/C12H12BrFO4/c13-9-3-1-7(14)5-11(9)17-6-8-2-4-10(18-8)12(15)16/h1,3,5,8,10H,2,4,6H2,(H,15,16). The number of carboxylic acid groups (broad SMARTS) is 1. The van der Waals surface area contributed by atoms with Crippen molar-refractivity contribution in [2.45, 2.75) is 25.0 Å². The van der Waals surface area contributed by atoms with E-state index >= 15 is 0 Å². The fourth-order valence-electron chi connectivity index (χ4n) is 1.78. The summed E-state index contributed by atoms with van der Waals surface area (Å²) in [5.41, 5.74) is 0. The lowest BCUT2D eigenvalue weighted by molar-refractivity contribution is -0.149. The molecule has 1 N–H and O–H groups in total. The van der Waals surface area contributed by atoms with Gasteiger partial charge in [0, 0.05) is 6.07 Å². The van der Waals surface area contributed by atoms with Gasteiger partial charge in [-0.1, -0.05) is 0 Å². The molecule has 1 saturated heterocycles. The summed E-state index contributed by atoms with van der Waals surface area (Å²) in [6.45, 7) is 0.214. The molecule has 1 heterocycles. The highest BCUT2D eigenvalue weighted by Crippen LogP contribution is 2.27. The summed E-state index contributed by atoms with van der Waals surface area (Å²) in [7, 11) is 0. The van der Waals surface area contributed by atoms with Crippen LogP contribution in [0.15, 0.2) is 22.7 Å². The third kappa shape index (κ3) is 3.20. The van der Waals surface area contributed by atoms with E-state index in [-0.39, 0.29) is 18.5 Å². The number of ether oxygens (including phenoxy) is 2. The fourth-order valence-corrected chi connectivity index (χ4v) is 2.14. The van der Waals surface area contributed by atoms with Crippen molar-refractivity contribution in [3.8, 4) is 5.75 Å². The second-order valence-electron chi connectivity index (χ2n) is 4.05. The zero-order valence-electron chi connectivity index (χ0n) is 9.44. The third-order valence-corrected chi connectivity index (χ3v) is 3.36. The van der Waals surface area contributed by atoms with Crippen LogP contribution in [0.5, 0.6) is 5.75 Å². The van der Waals surface area contributed by atoms with Crippen molar-refractivity contribution < 1.29 is 23.8 Å². The number of carbonyl (C=O) groups is 1. The van der Waals surface area contributed by atoms with Gasteiger partial charge in [-0.2, -0.15) is 0 Å². The highest BCUT2D eigenvalue weighted by molar-refractivity contribution is 9.10. The Labute approximate surface area is 112 Å². The minimum Gasteiger partial charge on any atom is -0.490 e. The number of benzene rings is 1. The molecule has 0 saturated carbocycles. The van der Waals surface area contributed by atoms with Crippen LogP contribution in [0.4, 0.5) is 4.39 Å². The van der Waals surface area contributed by atoms with Crippen LogP contribution in [0.1, 0.15) is 12.8 Å². The minimum absolute atomic E-state index is 0.214. The summed E-state index contributed by atoms with van der Waals surface area (Å²) in [5.74, 6) is -0.953. The van der Waals surface area contributed by atoms with Crippen LogP contribution in [0.3, 0.4) is 0 Å². The van der Waals surface area contributed by atoms with Gasteiger partial charge in [-0.05, 0) is 40.9 Å². The maximum absolute atomic E-state index is 13.0. The van der Waals surface area contributed by atoms with E-state index in [0.29, 0.717) is 23.1 Å². The molecule has 1 fully saturated rings. The van der Waals surface area contributed by atoms with E-state index in [1.54, 1.807) is 6.07 Å². The van der Waals surface area contributed by atoms with Crippen LogP contribution in [-0.2, 0) is 9.53 Å². The van der Waals surface area contributed by atoms with Gasteiger partial charge in [0.2, 0.25) is 0 Å². The molecule has 1 aromatic carbocycles. The van der Waals surface area contributed by atoms with Crippen LogP contribution in [-0.4, -0.2) is 29.9 Å². The van der Waals surface area contributed by atoms with Crippen molar-refractivity contribution in [3.63, 3.8) is 0 Å². The van der Waals surface area contributed by atoms with Crippen LogP contribution < -0.4 is 4.74 Å². The molecule has 18 heavy (non-hydrogen) atoms. The number of halogens is 2. The quantitative estimate of drug-likeness (QED) is 0.927. The molecule has 2 unspecified atom stereocenters. The maximum atomic E-state index is 13.0. The minimum atomic E-state index is -0.954. The predicted molar refractivity (Wildman–Crippen MR) is 65.1 cm³/mol. The lowest BCUT2D eigenvalue weighted by atomic mass is 10.2. The molecular weight excluding hydrogens is 307 g/mol. The van der Waals surface area contributed by atoms with Crippen molar-refractivity contribution in [2.75, 3.05) is 6.61 Å². The lowest BCUT2D eigenvalue weighted by Gasteiger charge is -2.13. The van der Waals surface area contributed by atoms with E-state index in [0.717, 1.165) is 0 Å². The molecule has 0 aromatic heterocycles. The van der Waals surface area contributed by atoms with Crippen molar-refractivity contribution in [2.24, 2.45) is 0 Å². The molecule has 0 amide bonds. The summed E-state index contributed by atoms with van der Waals surface area (Å²) in [6.07, 6.45) is 0.0910. The Morgan fingerprint density at radius 1 is 1.56 bits per heavy atom. The molecule has 4 nitrogen and oxygen atoms in total. The molecule has 0 radical (unpaired) electrons. The van der Waals surface area contributed by atoms with E-state index in [4.69, 9.17) is 14.6 Å². The number of hydrogen-bond donors (Lipinski definition) is 1. The Hall–Kier alpha value is -1.14. The lowest BCUT2D eigenvalue weighted by Crippen LogP contribution is -2.23. The Morgan fingerprint density at radius 2 is 2.33 bits per heavy atom. The molecule has 1 aliphatic heterocycles. The normalized spacial score (nSPS) is 23.0. The van der Waals surface area contributed by atoms with Gasteiger partial charge < -0.3 is 14.6 Å². The van der Waals surface area contributed by atoms with Crippen LogP contribution in [0.25, 0.3) is 0 Å². The smallest absolute Gasteiger partial charge is 0.332 e. The summed E-state index contributed by atoms with van der Waals surface area (Å²) >= 11 is 3.25. The molecule has 1 aliphatic rings. The second kappa shape index (κ2) is 5.67. The van der Waals surface area contributed by atoms with Gasteiger partial charge in [-0.15, -0.1) is 0 Å². The molecule has 2 atom stereocenters. The largest absolute Gasteiger partial charge is 0.490 e. The van der Waals surface area contributed by atoms with Gasteiger partial charge in [-0.3, -0.25) is 0 Å². The Balaban J connectivity index is 1.89. The van der Waals surface area contributed by atoms with E-state index in [1.807, 2.05) is 0 Å². The van der Waals surface area contributed by atoms with Crippen LogP contribution >= 0.6 is 15.9 Å². The number of carboxylic acids is 1. The van der Waals surface area contributed by atoms with E-state index < -0.39 is 12.1 Å². The second-order valence-corrected chi connectivity index (χ2v) is 4.90. The summed E-state index contributed by atoms with van der Waals surface area (Å²) in [4.78, 5) is 10.7. The monoisotopic (exact) mass is 318 g/mol. The Kier molecular flexibility index (Phi) is 4.19.